The molecule has 2 aromatic carbocycles. The number of halogens is 3. The number of benzene rings is 2. The molecule has 0 bridgehead atoms. The zero-order valence-electron chi connectivity index (χ0n) is 17.7. The van der Waals surface area contributed by atoms with Crippen molar-refractivity contribution >= 4 is 29.2 Å². The van der Waals surface area contributed by atoms with Gasteiger partial charge in [-0.1, -0.05) is 35.5 Å². The standard InChI is InChI=1S/C22H18F3N5O4/c1-13(34-21(33)17-11-29(28-27-17)10-14-5-3-2-4-6-14)20(32)30-12-19(31)26-16-9-15(22(23,24)25)7-8-18(16)30/h2-9,11,13H,10,12H2,1H3,(H,26,31). The quantitative estimate of drug-likeness (QED) is 0.572. The van der Waals surface area contributed by atoms with Crippen LogP contribution in [0.1, 0.15) is 28.5 Å². The fourth-order valence-corrected chi connectivity index (χ4v) is 3.39. The summed E-state index contributed by atoms with van der Waals surface area (Å²) in [5, 5.41) is 9.95. The number of nitrogens with one attached hydrogen (secondary N) is 1. The maximum atomic E-state index is 13.0. The highest BCUT2D eigenvalue weighted by Gasteiger charge is 2.35. The molecule has 1 aliphatic heterocycles. The fourth-order valence-electron chi connectivity index (χ4n) is 3.39. The fraction of sp³-hybridized carbons (Fsp3) is 0.227. The maximum Gasteiger partial charge on any atom is 0.416 e. The monoisotopic (exact) mass is 473 g/mol. The van der Waals surface area contributed by atoms with Gasteiger partial charge in [0.15, 0.2) is 11.8 Å². The number of amides is 2. The summed E-state index contributed by atoms with van der Waals surface area (Å²) in [4.78, 5) is 38.3. The van der Waals surface area contributed by atoms with E-state index in [9.17, 15) is 27.6 Å². The molecule has 1 atom stereocenters. The molecule has 176 valence electrons. The van der Waals surface area contributed by atoms with Crippen molar-refractivity contribution in [2.75, 3.05) is 16.8 Å². The van der Waals surface area contributed by atoms with E-state index in [0.717, 1.165) is 28.7 Å². The zero-order valence-corrected chi connectivity index (χ0v) is 17.7. The number of esters is 1. The lowest BCUT2D eigenvalue weighted by Crippen LogP contribution is -2.47. The highest BCUT2D eigenvalue weighted by atomic mass is 19.4. The Kier molecular flexibility index (Phi) is 6.05. The van der Waals surface area contributed by atoms with Crippen LogP contribution in [-0.2, 0) is 27.0 Å². The first-order valence-corrected chi connectivity index (χ1v) is 10.1. The largest absolute Gasteiger partial charge is 0.448 e. The maximum absolute atomic E-state index is 13.0. The Hall–Kier alpha value is -4.22. The summed E-state index contributed by atoms with van der Waals surface area (Å²) < 4.78 is 45.6. The van der Waals surface area contributed by atoms with Crippen LogP contribution in [0.25, 0.3) is 0 Å². The van der Waals surface area contributed by atoms with Crippen molar-refractivity contribution in [2.45, 2.75) is 25.7 Å². The molecule has 0 spiro atoms. The average molecular weight is 473 g/mol. The van der Waals surface area contributed by atoms with Gasteiger partial charge in [0.2, 0.25) is 5.91 Å². The van der Waals surface area contributed by atoms with Gasteiger partial charge in [-0.3, -0.25) is 14.5 Å². The van der Waals surface area contributed by atoms with Crippen molar-refractivity contribution in [2.24, 2.45) is 0 Å². The minimum atomic E-state index is -4.62. The summed E-state index contributed by atoms with van der Waals surface area (Å²) in [7, 11) is 0. The van der Waals surface area contributed by atoms with E-state index in [-0.39, 0.29) is 17.1 Å². The molecule has 4 rings (SSSR count). The molecule has 9 nitrogen and oxygen atoms in total. The Bertz CT molecular complexity index is 1240. The Balaban J connectivity index is 1.46. The molecule has 34 heavy (non-hydrogen) atoms. The van der Waals surface area contributed by atoms with Crippen LogP contribution in [0.3, 0.4) is 0 Å². The minimum absolute atomic E-state index is 0.0642. The van der Waals surface area contributed by atoms with Crippen LogP contribution in [0.5, 0.6) is 0 Å². The number of nitrogens with zero attached hydrogens (tertiary/aromatic N) is 4. The smallest absolute Gasteiger partial charge is 0.416 e. The van der Waals surface area contributed by atoms with Gasteiger partial charge in [-0.2, -0.15) is 13.2 Å². The first kappa shape index (κ1) is 23.0. The number of hydrogen-bond acceptors (Lipinski definition) is 6. The second-order valence-electron chi connectivity index (χ2n) is 7.54. The molecule has 1 aromatic heterocycles. The van der Waals surface area contributed by atoms with Crippen molar-refractivity contribution in [1.82, 2.24) is 15.0 Å². The second kappa shape index (κ2) is 8.96. The Morgan fingerprint density at radius 1 is 1.18 bits per heavy atom. The minimum Gasteiger partial charge on any atom is -0.448 e. The molecule has 12 heteroatoms. The predicted molar refractivity (Wildman–Crippen MR) is 113 cm³/mol. The van der Waals surface area contributed by atoms with Crippen molar-refractivity contribution in [3.05, 3.63) is 71.5 Å². The van der Waals surface area contributed by atoms with Crippen molar-refractivity contribution in [1.29, 1.82) is 0 Å². The van der Waals surface area contributed by atoms with Crippen LogP contribution in [0, 0.1) is 0 Å². The van der Waals surface area contributed by atoms with Crippen LogP contribution in [0.2, 0.25) is 0 Å². The van der Waals surface area contributed by atoms with E-state index in [4.69, 9.17) is 4.74 Å². The third-order valence-electron chi connectivity index (χ3n) is 5.02. The van der Waals surface area contributed by atoms with Gasteiger partial charge in [-0.25, -0.2) is 9.48 Å². The van der Waals surface area contributed by atoms with Gasteiger partial charge in [-0.05, 0) is 30.7 Å². The molecule has 0 saturated heterocycles. The SMILES string of the molecule is CC(OC(=O)c1cn(Cc2ccccc2)nn1)C(=O)N1CC(=O)Nc2cc(C(F)(F)F)ccc21. The normalized spacial score (nSPS) is 14.2. The molecular weight excluding hydrogens is 455 g/mol. The first-order chi connectivity index (χ1) is 16.1. The Labute approximate surface area is 191 Å². The highest BCUT2D eigenvalue weighted by molar-refractivity contribution is 6.11. The number of hydrogen-bond donors (Lipinski definition) is 1. The summed E-state index contributed by atoms with van der Waals surface area (Å²) in [5.74, 6) is -2.36. The number of carbonyl (C=O) groups excluding carboxylic acids is 3. The van der Waals surface area contributed by atoms with E-state index < -0.39 is 42.2 Å². The molecule has 0 radical (unpaired) electrons. The molecule has 1 aliphatic rings. The number of rotatable bonds is 5. The van der Waals surface area contributed by atoms with E-state index in [1.807, 2.05) is 30.3 Å². The van der Waals surface area contributed by atoms with E-state index >= 15 is 0 Å². The predicted octanol–water partition coefficient (Wildman–Crippen LogP) is 2.88. The number of carbonyl (C=O) groups is 3. The van der Waals surface area contributed by atoms with Gasteiger partial charge in [0.25, 0.3) is 5.91 Å². The topological polar surface area (TPSA) is 106 Å². The van der Waals surface area contributed by atoms with E-state index in [1.165, 1.54) is 17.8 Å². The highest BCUT2D eigenvalue weighted by Crippen LogP contribution is 2.37. The van der Waals surface area contributed by atoms with Crippen LogP contribution in [-0.4, -0.2) is 45.4 Å². The molecule has 3 aromatic rings. The van der Waals surface area contributed by atoms with Crippen molar-refractivity contribution in [3.8, 4) is 0 Å². The first-order valence-electron chi connectivity index (χ1n) is 10.1. The lowest BCUT2D eigenvalue weighted by atomic mass is 10.1. The van der Waals surface area contributed by atoms with Gasteiger partial charge >= 0.3 is 12.1 Å². The van der Waals surface area contributed by atoms with Gasteiger partial charge in [-0.15, -0.1) is 5.10 Å². The number of anilines is 2. The molecule has 2 amide bonds. The van der Waals surface area contributed by atoms with Crippen LogP contribution < -0.4 is 10.2 Å². The van der Waals surface area contributed by atoms with Gasteiger partial charge in [0.1, 0.15) is 6.54 Å². The van der Waals surface area contributed by atoms with Gasteiger partial charge in [0.05, 0.1) is 29.7 Å². The van der Waals surface area contributed by atoms with Crippen molar-refractivity contribution < 1.29 is 32.3 Å². The lowest BCUT2D eigenvalue weighted by molar-refractivity contribution is -0.137. The summed E-state index contributed by atoms with van der Waals surface area (Å²) in [6.07, 6.45) is -4.59. The van der Waals surface area contributed by atoms with Gasteiger partial charge in [0, 0.05) is 0 Å². The molecule has 0 saturated carbocycles. The number of aromatic nitrogens is 3. The molecule has 0 fully saturated rings. The number of fused-ring (bicyclic) bond motifs is 1. The summed E-state index contributed by atoms with van der Waals surface area (Å²) >= 11 is 0. The number of alkyl halides is 3. The third-order valence-corrected chi connectivity index (χ3v) is 5.02. The number of ether oxygens (including phenoxy) is 1. The van der Waals surface area contributed by atoms with Crippen LogP contribution in [0.15, 0.2) is 54.7 Å². The summed E-state index contributed by atoms with van der Waals surface area (Å²) in [6.45, 7) is 1.23. The zero-order chi connectivity index (χ0) is 24.5. The third kappa shape index (κ3) is 4.90. The molecule has 0 aliphatic carbocycles. The molecular formula is C22H18F3N5O4. The molecule has 1 unspecified atom stereocenters. The van der Waals surface area contributed by atoms with Gasteiger partial charge < -0.3 is 10.1 Å². The second-order valence-corrected chi connectivity index (χ2v) is 7.54. The average Bonchev–Trinajstić information content (AvgIpc) is 3.26. The Morgan fingerprint density at radius 3 is 2.62 bits per heavy atom. The van der Waals surface area contributed by atoms with Crippen molar-refractivity contribution in [3.63, 3.8) is 0 Å². The van der Waals surface area contributed by atoms with E-state index in [0.29, 0.717) is 6.54 Å². The Morgan fingerprint density at radius 2 is 1.91 bits per heavy atom. The summed E-state index contributed by atoms with van der Waals surface area (Å²) in [6, 6.07) is 12.0. The lowest BCUT2D eigenvalue weighted by Gasteiger charge is -2.31. The van der Waals surface area contributed by atoms with E-state index in [2.05, 4.69) is 15.6 Å². The molecule has 2 heterocycles. The van der Waals surface area contributed by atoms with Crippen LogP contribution in [0.4, 0.5) is 24.5 Å². The summed E-state index contributed by atoms with van der Waals surface area (Å²) in [5.41, 5.74) is -0.260. The van der Waals surface area contributed by atoms with Crippen LogP contribution >= 0.6 is 0 Å². The van der Waals surface area contributed by atoms with E-state index in [1.54, 1.807) is 0 Å². The molecule has 1 N–H and O–H groups in total.